The smallest absolute Gasteiger partial charge is 0.243 e. The van der Waals surface area contributed by atoms with Crippen LogP contribution in [0.4, 0.5) is 8.78 Å². The van der Waals surface area contributed by atoms with E-state index >= 15 is 0 Å². The Balaban J connectivity index is 1.97. The van der Waals surface area contributed by atoms with Crippen molar-refractivity contribution < 1.29 is 17.2 Å². The third-order valence-electron chi connectivity index (χ3n) is 3.13. The summed E-state index contributed by atoms with van der Waals surface area (Å²) >= 11 is 0. The summed E-state index contributed by atoms with van der Waals surface area (Å²) in [4.78, 5) is -0.520. The van der Waals surface area contributed by atoms with Gasteiger partial charge in [-0.2, -0.15) is 0 Å². The topological polar surface area (TPSA) is 58.2 Å². The maximum absolute atomic E-state index is 13.4. The van der Waals surface area contributed by atoms with E-state index in [1.54, 1.807) is 0 Å². The van der Waals surface area contributed by atoms with Crippen molar-refractivity contribution in [3.8, 4) is 0 Å². The third kappa shape index (κ3) is 3.71. The summed E-state index contributed by atoms with van der Waals surface area (Å²) in [6, 6.07) is 2.73. The fraction of sp³-hybridized carbons (Fsp3) is 0.500. The number of nitrogens with one attached hydrogen (secondary N) is 2. The lowest BCUT2D eigenvalue weighted by Crippen LogP contribution is -2.31. The van der Waals surface area contributed by atoms with Crippen LogP contribution in [-0.2, 0) is 10.0 Å². The fourth-order valence-corrected chi connectivity index (χ4v) is 3.25. The molecule has 7 heteroatoms. The second-order valence-corrected chi connectivity index (χ2v) is 6.29. The van der Waals surface area contributed by atoms with Gasteiger partial charge in [0.2, 0.25) is 10.0 Å². The zero-order chi connectivity index (χ0) is 13.9. The highest BCUT2D eigenvalue weighted by molar-refractivity contribution is 7.89. The average Bonchev–Trinajstić information content (AvgIpc) is 2.81. The Morgan fingerprint density at radius 2 is 2.16 bits per heavy atom. The van der Waals surface area contributed by atoms with E-state index in [1.807, 2.05) is 0 Å². The van der Waals surface area contributed by atoms with Gasteiger partial charge in [-0.1, -0.05) is 0 Å². The number of hydrogen-bond donors (Lipinski definition) is 2. The van der Waals surface area contributed by atoms with Gasteiger partial charge in [0.25, 0.3) is 0 Å². The molecule has 1 heterocycles. The summed E-state index contributed by atoms with van der Waals surface area (Å²) in [5.74, 6) is -1.88. The van der Waals surface area contributed by atoms with E-state index in [1.165, 1.54) is 0 Å². The predicted molar refractivity (Wildman–Crippen MR) is 67.2 cm³/mol. The molecule has 1 fully saturated rings. The van der Waals surface area contributed by atoms with E-state index in [2.05, 4.69) is 10.0 Å². The monoisotopic (exact) mass is 290 g/mol. The van der Waals surface area contributed by atoms with Gasteiger partial charge in [-0.15, -0.1) is 0 Å². The molecule has 0 amide bonds. The van der Waals surface area contributed by atoms with E-state index in [4.69, 9.17) is 0 Å². The van der Waals surface area contributed by atoms with Gasteiger partial charge < -0.3 is 5.32 Å². The van der Waals surface area contributed by atoms with Crippen LogP contribution in [0.25, 0.3) is 0 Å². The molecule has 19 heavy (non-hydrogen) atoms. The maximum atomic E-state index is 13.4. The molecule has 0 spiro atoms. The predicted octanol–water partition coefficient (Wildman–Crippen LogP) is 1.39. The summed E-state index contributed by atoms with van der Waals surface area (Å²) in [6.07, 6.45) is 2.76. The van der Waals surface area contributed by atoms with Crippen LogP contribution in [0.3, 0.4) is 0 Å². The summed E-state index contributed by atoms with van der Waals surface area (Å²) in [7, 11) is -3.92. The van der Waals surface area contributed by atoms with Gasteiger partial charge in [0.15, 0.2) is 0 Å². The van der Waals surface area contributed by atoms with Crippen LogP contribution in [0, 0.1) is 11.6 Å². The molecular weight excluding hydrogens is 274 g/mol. The van der Waals surface area contributed by atoms with Crippen LogP contribution in [0.15, 0.2) is 23.1 Å². The van der Waals surface area contributed by atoms with Crippen LogP contribution in [-0.4, -0.2) is 27.5 Å². The Hall–Kier alpha value is -1.05. The summed E-state index contributed by atoms with van der Waals surface area (Å²) in [5.41, 5.74) is 0. The Morgan fingerprint density at radius 3 is 2.79 bits per heavy atom. The van der Waals surface area contributed by atoms with Crippen molar-refractivity contribution in [1.29, 1.82) is 0 Å². The van der Waals surface area contributed by atoms with Crippen LogP contribution < -0.4 is 10.0 Å². The molecular formula is C12H16F2N2O2S. The molecule has 0 aliphatic carbocycles. The third-order valence-corrected chi connectivity index (χ3v) is 4.62. The number of sulfonamides is 1. The minimum absolute atomic E-state index is 0.233. The summed E-state index contributed by atoms with van der Waals surface area (Å²) < 4.78 is 52.2. The van der Waals surface area contributed by atoms with Crippen molar-refractivity contribution in [2.45, 2.75) is 30.2 Å². The quantitative estimate of drug-likeness (QED) is 0.861. The molecule has 1 atom stereocenters. The van der Waals surface area contributed by atoms with Crippen molar-refractivity contribution >= 4 is 10.0 Å². The Bertz CT molecular complexity index is 543. The highest BCUT2D eigenvalue weighted by Crippen LogP contribution is 2.15. The van der Waals surface area contributed by atoms with Crippen LogP contribution in [0.5, 0.6) is 0 Å². The van der Waals surface area contributed by atoms with Gasteiger partial charge >= 0.3 is 0 Å². The molecule has 2 rings (SSSR count). The lowest BCUT2D eigenvalue weighted by atomic mass is 10.2. The zero-order valence-electron chi connectivity index (χ0n) is 10.3. The molecule has 1 aliphatic rings. The van der Waals surface area contributed by atoms with Crippen molar-refractivity contribution in [2.75, 3.05) is 13.1 Å². The van der Waals surface area contributed by atoms with Crippen molar-refractivity contribution in [2.24, 2.45) is 0 Å². The molecule has 2 N–H and O–H groups in total. The second-order valence-electron chi connectivity index (χ2n) is 4.55. The van der Waals surface area contributed by atoms with E-state index < -0.39 is 26.6 Å². The minimum atomic E-state index is -3.92. The van der Waals surface area contributed by atoms with Crippen LogP contribution in [0.2, 0.25) is 0 Å². The van der Waals surface area contributed by atoms with Gasteiger partial charge in [-0.25, -0.2) is 21.9 Å². The number of benzene rings is 1. The molecule has 106 valence electrons. The normalized spacial score (nSPS) is 19.8. The molecule has 0 bridgehead atoms. The van der Waals surface area contributed by atoms with E-state index in [0.29, 0.717) is 18.5 Å². The average molecular weight is 290 g/mol. The molecule has 1 saturated heterocycles. The van der Waals surface area contributed by atoms with E-state index in [0.717, 1.165) is 31.5 Å². The molecule has 0 saturated carbocycles. The van der Waals surface area contributed by atoms with E-state index in [9.17, 15) is 17.2 Å². The molecule has 4 nitrogen and oxygen atoms in total. The minimum Gasteiger partial charge on any atom is -0.314 e. The largest absolute Gasteiger partial charge is 0.314 e. The Kier molecular flexibility index (Phi) is 4.49. The van der Waals surface area contributed by atoms with Crippen molar-refractivity contribution in [3.63, 3.8) is 0 Å². The molecule has 1 aliphatic heterocycles. The summed E-state index contributed by atoms with van der Waals surface area (Å²) in [5, 5.41) is 3.24. The van der Waals surface area contributed by atoms with Crippen molar-refractivity contribution in [3.05, 3.63) is 29.8 Å². The van der Waals surface area contributed by atoms with Crippen LogP contribution >= 0.6 is 0 Å². The first-order valence-corrected chi connectivity index (χ1v) is 7.65. The Morgan fingerprint density at radius 1 is 1.37 bits per heavy atom. The van der Waals surface area contributed by atoms with Gasteiger partial charge in [-0.05, 0) is 37.9 Å². The molecule has 0 radical (unpaired) electrons. The number of halogens is 2. The molecule has 0 aromatic heterocycles. The maximum Gasteiger partial charge on any atom is 0.243 e. The second kappa shape index (κ2) is 5.94. The lowest BCUT2D eigenvalue weighted by molar-refractivity contribution is 0.528. The molecule has 1 aromatic rings. The zero-order valence-corrected chi connectivity index (χ0v) is 11.1. The van der Waals surface area contributed by atoms with Crippen LogP contribution in [0.1, 0.15) is 19.3 Å². The molecule has 0 unspecified atom stereocenters. The Labute approximate surface area is 111 Å². The first-order valence-electron chi connectivity index (χ1n) is 6.17. The standard InChI is InChI=1S/C12H16F2N2O2S/c13-9-3-4-12(11(14)8-9)19(17,18)16-7-5-10-2-1-6-15-10/h3-4,8,10,15-16H,1-2,5-7H2/t10-/m1/s1. The van der Waals surface area contributed by atoms with Gasteiger partial charge in [0, 0.05) is 18.7 Å². The van der Waals surface area contributed by atoms with Gasteiger partial charge in [-0.3, -0.25) is 0 Å². The summed E-state index contributed by atoms with van der Waals surface area (Å²) in [6.45, 7) is 1.18. The lowest BCUT2D eigenvalue weighted by Gasteiger charge is -2.11. The first-order chi connectivity index (χ1) is 8.99. The highest BCUT2D eigenvalue weighted by Gasteiger charge is 2.20. The highest BCUT2D eigenvalue weighted by atomic mass is 32.2. The van der Waals surface area contributed by atoms with Gasteiger partial charge in [0.1, 0.15) is 16.5 Å². The SMILES string of the molecule is O=S(=O)(NCC[C@H]1CCCN1)c1ccc(F)cc1F. The number of hydrogen-bond acceptors (Lipinski definition) is 3. The van der Waals surface area contributed by atoms with Gasteiger partial charge in [0.05, 0.1) is 0 Å². The molecule has 1 aromatic carbocycles. The van der Waals surface area contributed by atoms with E-state index in [-0.39, 0.29) is 6.54 Å². The number of rotatable bonds is 5. The fourth-order valence-electron chi connectivity index (χ4n) is 2.14. The van der Waals surface area contributed by atoms with Crippen molar-refractivity contribution in [1.82, 2.24) is 10.0 Å². The first kappa shape index (κ1) is 14.4.